The van der Waals surface area contributed by atoms with E-state index in [1.54, 1.807) is 6.07 Å². The Morgan fingerprint density at radius 1 is 1.61 bits per heavy atom. The van der Waals surface area contributed by atoms with E-state index in [0.717, 1.165) is 6.42 Å². The van der Waals surface area contributed by atoms with Crippen molar-refractivity contribution in [3.63, 3.8) is 0 Å². The Balaban J connectivity index is 2.25. The van der Waals surface area contributed by atoms with Crippen LogP contribution in [0.4, 0.5) is 5.69 Å². The molecule has 1 heterocycles. The van der Waals surface area contributed by atoms with Crippen molar-refractivity contribution < 1.29 is 19.4 Å². The van der Waals surface area contributed by atoms with Crippen LogP contribution in [-0.4, -0.2) is 37.4 Å². The minimum atomic E-state index is -0.451. The highest BCUT2D eigenvalue weighted by atomic mass is 79.9. The first-order valence-electron chi connectivity index (χ1n) is 5.57. The van der Waals surface area contributed by atoms with E-state index in [4.69, 9.17) is 4.74 Å². The van der Waals surface area contributed by atoms with E-state index in [0.29, 0.717) is 28.9 Å². The lowest BCUT2D eigenvalue weighted by Crippen LogP contribution is -2.19. The molecule has 0 saturated carbocycles. The molecule has 1 saturated heterocycles. The monoisotopic (exact) mass is 315 g/mol. The van der Waals surface area contributed by atoms with Gasteiger partial charge in [-0.05, 0) is 34.5 Å². The summed E-state index contributed by atoms with van der Waals surface area (Å²) in [5, 5.41) is 13.0. The number of phenolic OH excluding ortho intramolecular Hbond substituents is 1. The Hall–Kier alpha value is -1.27. The van der Waals surface area contributed by atoms with E-state index in [-0.39, 0.29) is 11.8 Å². The highest BCUT2D eigenvalue weighted by Crippen LogP contribution is 2.32. The van der Waals surface area contributed by atoms with E-state index in [1.807, 2.05) is 0 Å². The molecule has 1 aliphatic rings. The Bertz CT molecular complexity index is 458. The minimum absolute atomic E-state index is 0.0847. The average molecular weight is 316 g/mol. The first kappa shape index (κ1) is 13.2. The summed E-state index contributed by atoms with van der Waals surface area (Å²) >= 11 is 3.22. The molecule has 1 atom stereocenters. The summed E-state index contributed by atoms with van der Waals surface area (Å²) in [6, 6.07) is 3.20. The lowest BCUT2D eigenvalue weighted by atomic mass is 10.1. The van der Waals surface area contributed by atoms with Crippen molar-refractivity contribution in [1.82, 2.24) is 0 Å². The van der Waals surface area contributed by atoms with Gasteiger partial charge in [-0.3, -0.25) is 0 Å². The molecule has 98 valence electrons. The first-order valence-corrected chi connectivity index (χ1v) is 6.36. The van der Waals surface area contributed by atoms with Crippen molar-refractivity contribution in [1.29, 1.82) is 0 Å². The highest BCUT2D eigenvalue weighted by molar-refractivity contribution is 9.10. The van der Waals surface area contributed by atoms with Gasteiger partial charge in [-0.15, -0.1) is 0 Å². The first-order chi connectivity index (χ1) is 8.61. The number of esters is 1. The topological polar surface area (TPSA) is 67.8 Å². The molecule has 1 unspecified atom stereocenters. The van der Waals surface area contributed by atoms with Gasteiger partial charge in [-0.2, -0.15) is 0 Å². The molecule has 0 spiro atoms. The summed E-state index contributed by atoms with van der Waals surface area (Å²) in [6.45, 7) is 1.31. The van der Waals surface area contributed by atoms with Crippen LogP contribution < -0.4 is 5.32 Å². The molecule has 1 aromatic rings. The summed E-state index contributed by atoms with van der Waals surface area (Å²) in [4.78, 5) is 11.5. The summed E-state index contributed by atoms with van der Waals surface area (Å²) in [5.41, 5.74) is 0.880. The van der Waals surface area contributed by atoms with Gasteiger partial charge in [0.2, 0.25) is 0 Å². The number of ether oxygens (including phenoxy) is 2. The number of anilines is 1. The minimum Gasteiger partial charge on any atom is -0.506 e. The van der Waals surface area contributed by atoms with Crippen LogP contribution in [0.25, 0.3) is 0 Å². The van der Waals surface area contributed by atoms with Crippen LogP contribution >= 0.6 is 15.9 Å². The standard InChI is InChI=1S/C12H14BrNO4/c1-17-12(16)8-4-10(11(15)5-9(8)13)14-7-2-3-18-6-7/h4-5,7,14-15H,2-3,6H2,1H3. The zero-order valence-electron chi connectivity index (χ0n) is 9.90. The quantitative estimate of drug-likeness (QED) is 0.660. The zero-order valence-corrected chi connectivity index (χ0v) is 11.5. The van der Waals surface area contributed by atoms with Crippen molar-refractivity contribution in [2.75, 3.05) is 25.6 Å². The fourth-order valence-corrected chi connectivity index (χ4v) is 2.31. The summed E-state index contributed by atoms with van der Waals surface area (Å²) < 4.78 is 10.4. The number of hydrogen-bond acceptors (Lipinski definition) is 5. The lowest BCUT2D eigenvalue weighted by Gasteiger charge is -2.15. The van der Waals surface area contributed by atoms with Gasteiger partial charge in [-0.25, -0.2) is 4.79 Å². The van der Waals surface area contributed by atoms with Crippen molar-refractivity contribution in [2.45, 2.75) is 12.5 Å². The van der Waals surface area contributed by atoms with E-state index in [9.17, 15) is 9.90 Å². The van der Waals surface area contributed by atoms with Gasteiger partial charge in [0.15, 0.2) is 0 Å². The zero-order chi connectivity index (χ0) is 13.1. The SMILES string of the molecule is COC(=O)c1cc(NC2CCOC2)c(O)cc1Br. The largest absolute Gasteiger partial charge is 0.506 e. The van der Waals surface area contributed by atoms with Gasteiger partial charge < -0.3 is 19.9 Å². The Labute approximate surface area is 113 Å². The van der Waals surface area contributed by atoms with Crippen molar-refractivity contribution in [2.24, 2.45) is 0 Å². The molecule has 5 nitrogen and oxygen atoms in total. The van der Waals surface area contributed by atoms with Gasteiger partial charge in [0.05, 0.1) is 31.0 Å². The molecule has 6 heteroatoms. The van der Waals surface area contributed by atoms with E-state index in [1.165, 1.54) is 13.2 Å². The Morgan fingerprint density at radius 2 is 2.39 bits per heavy atom. The Kier molecular flexibility index (Phi) is 4.08. The van der Waals surface area contributed by atoms with Crippen LogP contribution in [0.1, 0.15) is 16.8 Å². The third-order valence-corrected chi connectivity index (χ3v) is 3.44. The van der Waals surface area contributed by atoms with E-state index >= 15 is 0 Å². The second kappa shape index (κ2) is 5.58. The molecular weight excluding hydrogens is 302 g/mol. The number of methoxy groups -OCH3 is 1. The van der Waals surface area contributed by atoms with Gasteiger partial charge in [0, 0.05) is 11.1 Å². The van der Waals surface area contributed by atoms with Crippen LogP contribution in [0, 0.1) is 0 Å². The van der Waals surface area contributed by atoms with Crippen molar-refractivity contribution in [3.8, 4) is 5.75 Å². The molecule has 0 amide bonds. The predicted octanol–water partition coefficient (Wildman–Crippen LogP) is 2.14. The second-order valence-corrected chi connectivity index (χ2v) is 4.90. The van der Waals surface area contributed by atoms with Crippen molar-refractivity contribution in [3.05, 3.63) is 22.2 Å². The number of nitrogens with one attached hydrogen (secondary N) is 1. The van der Waals surface area contributed by atoms with Gasteiger partial charge in [0.25, 0.3) is 0 Å². The van der Waals surface area contributed by atoms with Crippen LogP contribution in [-0.2, 0) is 9.47 Å². The molecular formula is C12H14BrNO4. The fraction of sp³-hybridized carbons (Fsp3) is 0.417. The maximum absolute atomic E-state index is 11.5. The van der Waals surface area contributed by atoms with Crippen molar-refractivity contribution >= 4 is 27.6 Å². The molecule has 0 aromatic heterocycles. The molecule has 0 aliphatic carbocycles. The molecule has 0 radical (unpaired) electrons. The van der Waals surface area contributed by atoms with Crippen LogP contribution in [0.5, 0.6) is 5.75 Å². The number of rotatable bonds is 3. The summed E-state index contributed by atoms with van der Waals surface area (Å²) in [5.74, 6) is -0.367. The average Bonchev–Trinajstić information content (AvgIpc) is 2.84. The Morgan fingerprint density at radius 3 is 3.00 bits per heavy atom. The molecule has 1 aliphatic heterocycles. The predicted molar refractivity (Wildman–Crippen MR) is 70.0 cm³/mol. The molecule has 1 fully saturated rings. The van der Waals surface area contributed by atoms with Crippen LogP contribution in [0.15, 0.2) is 16.6 Å². The summed E-state index contributed by atoms with van der Waals surface area (Å²) in [7, 11) is 1.32. The third kappa shape index (κ3) is 2.76. The second-order valence-electron chi connectivity index (χ2n) is 4.05. The normalized spacial score (nSPS) is 18.7. The van der Waals surface area contributed by atoms with Gasteiger partial charge >= 0.3 is 5.97 Å². The number of hydrogen-bond donors (Lipinski definition) is 2. The number of aromatic hydroxyl groups is 1. The van der Waals surface area contributed by atoms with E-state index in [2.05, 4.69) is 26.0 Å². The fourth-order valence-electron chi connectivity index (χ4n) is 1.81. The number of carbonyl (C=O) groups is 1. The smallest absolute Gasteiger partial charge is 0.339 e. The lowest BCUT2D eigenvalue weighted by molar-refractivity contribution is 0.0599. The highest BCUT2D eigenvalue weighted by Gasteiger charge is 2.19. The van der Waals surface area contributed by atoms with E-state index < -0.39 is 5.97 Å². The van der Waals surface area contributed by atoms with Gasteiger partial charge in [-0.1, -0.05) is 0 Å². The van der Waals surface area contributed by atoms with Crippen LogP contribution in [0.2, 0.25) is 0 Å². The number of carbonyl (C=O) groups excluding carboxylic acids is 1. The maximum atomic E-state index is 11.5. The molecule has 2 N–H and O–H groups in total. The number of phenols is 1. The summed E-state index contributed by atoms with van der Waals surface area (Å²) in [6.07, 6.45) is 0.878. The van der Waals surface area contributed by atoms with Gasteiger partial charge in [0.1, 0.15) is 5.75 Å². The molecule has 2 rings (SSSR count). The molecule has 1 aromatic carbocycles. The number of benzene rings is 1. The number of halogens is 1. The van der Waals surface area contributed by atoms with Crippen LogP contribution in [0.3, 0.4) is 0 Å². The molecule has 18 heavy (non-hydrogen) atoms. The molecule has 0 bridgehead atoms. The third-order valence-electron chi connectivity index (χ3n) is 2.78. The maximum Gasteiger partial charge on any atom is 0.339 e.